The third-order valence-corrected chi connectivity index (χ3v) is 11.8. The Bertz CT molecular complexity index is 1490. The number of aromatic nitrogens is 2. The standard InChI is InChI=1S/C37H50N4O6/c1-4-25-32-20-41(34(25)21(2)42)36(43)33(22-11-7-5-8-12-22)40-37(44)47-31-18-23-17-27(23)26(31)13-9-6-10-14-29-35(46-32)39-30-19-24(45-3)15-16-28(30)38-29/h15-16,19,22-23,25-27,31-34H,4-14,17-18,20H2,1-3H3,(H,40,44)/t23?,25-,26-,27?,31-,32+,33+,34-/m1/s1. The first-order chi connectivity index (χ1) is 22.8. The van der Waals surface area contributed by atoms with Gasteiger partial charge < -0.3 is 24.4 Å². The lowest BCUT2D eigenvalue weighted by atomic mass is 9.83. The molecule has 5 aliphatic rings. The molecule has 10 nitrogen and oxygen atoms in total. The fourth-order valence-electron chi connectivity index (χ4n) is 9.34. The minimum Gasteiger partial charge on any atom is -0.497 e. The Kier molecular flexibility index (Phi) is 9.29. The number of methoxy groups -OCH3 is 1. The summed E-state index contributed by atoms with van der Waals surface area (Å²) in [5.74, 6) is 2.31. The molecule has 3 aliphatic carbocycles. The number of Topliss-reactive ketones (excluding diaryl/α,β-unsaturated/α-hetero) is 1. The summed E-state index contributed by atoms with van der Waals surface area (Å²) in [7, 11) is 1.63. The van der Waals surface area contributed by atoms with Crippen LogP contribution < -0.4 is 14.8 Å². The minimum absolute atomic E-state index is 0.00256. The predicted octanol–water partition coefficient (Wildman–Crippen LogP) is 6.03. The normalized spacial score (nSPS) is 33.4. The molecule has 4 fully saturated rings. The number of amides is 2. The third-order valence-electron chi connectivity index (χ3n) is 11.8. The molecular weight excluding hydrogens is 596 g/mol. The lowest BCUT2D eigenvalue weighted by molar-refractivity contribution is -0.140. The number of hydrogen-bond acceptors (Lipinski definition) is 8. The van der Waals surface area contributed by atoms with E-state index in [9.17, 15) is 14.4 Å². The number of nitrogens with one attached hydrogen (secondary N) is 1. The number of carbonyl (C=O) groups is 3. The Morgan fingerprint density at radius 1 is 0.936 bits per heavy atom. The van der Waals surface area contributed by atoms with Crippen molar-refractivity contribution >= 4 is 28.8 Å². The van der Waals surface area contributed by atoms with E-state index in [0.29, 0.717) is 41.3 Å². The SMILES string of the molecule is CC[C@@H]1[C@@H]2CN(C(=O)[C@H](C3CCCCC3)NC(=O)O[C@@H]3CC4CC4[C@H]3CCCCCc3nc4ccc(OC)cc4nc3O2)[C@@H]1C(C)=O. The maximum atomic E-state index is 14.6. The number of benzene rings is 1. The van der Waals surface area contributed by atoms with Gasteiger partial charge in [0.25, 0.3) is 0 Å². The highest BCUT2D eigenvalue weighted by atomic mass is 16.6. The zero-order chi connectivity index (χ0) is 32.7. The molecule has 8 atom stereocenters. The van der Waals surface area contributed by atoms with Crippen LogP contribution in [0, 0.1) is 29.6 Å². The molecule has 47 heavy (non-hydrogen) atoms. The Morgan fingerprint density at radius 3 is 2.49 bits per heavy atom. The smallest absolute Gasteiger partial charge is 0.408 e. The van der Waals surface area contributed by atoms with Crippen molar-refractivity contribution in [3.8, 4) is 11.6 Å². The molecule has 0 radical (unpaired) electrons. The number of rotatable bonds is 4. The van der Waals surface area contributed by atoms with Gasteiger partial charge in [-0.15, -0.1) is 0 Å². The largest absolute Gasteiger partial charge is 0.497 e. The van der Waals surface area contributed by atoms with Crippen LogP contribution >= 0.6 is 0 Å². The Balaban J connectivity index is 1.25. The zero-order valence-corrected chi connectivity index (χ0v) is 28.1. The van der Waals surface area contributed by atoms with Crippen LogP contribution in [0.2, 0.25) is 0 Å². The van der Waals surface area contributed by atoms with Gasteiger partial charge in [0.2, 0.25) is 11.8 Å². The van der Waals surface area contributed by atoms with Crippen molar-refractivity contribution in [3.63, 3.8) is 0 Å². The Morgan fingerprint density at radius 2 is 1.72 bits per heavy atom. The molecule has 2 amide bonds. The van der Waals surface area contributed by atoms with Crippen LogP contribution in [-0.4, -0.2) is 70.6 Å². The monoisotopic (exact) mass is 646 g/mol. The lowest BCUT2D eigenvalue weighted by Crippen LogP contribution is -2.55. The topological polar surface area (TPSA) is 120 Å². The fourth-order valence-corrected chi connectivity index (χ4v) is 9.34. The van der Waals surface area contributed by atoms with Crippen LogP contribution in [0.4, 0.5) is 4.79 Å². The summed E-state index contributed by atoms with van der Waals surface area (Å²) >= 11 is 0. The van der Waals surface area contributed by atoms with Crippen LogP contribution in [0.15, 0.2) is 18.2 Å². The summed E-state index contributed by atoms with van der Waals surface area (Å²) in [6, 6.07) is 4.29. The summed E-state index contributed by atoms with van der Waals surface area (Å²) in [5.41, 5.74) is 2.27. The molecule has 10 heteroatoms. The maximum absolute atomic E-state index is 14.6. The third kappa shape index (κ3) is 6.53. The number of carbonyl (C=O) groups excluding carboxylic acids is 3. The summed E-state index contributed by atoms with van der Waals surface area (Å²) in [4.78, 5) is 53.1. The van der Waals surface area contributed by atoms with Gasteiger partial charge in [0.15, 0.2) is 5.78 Å². The summed E-state index contributed by atoms with van der Waals surface area (Å²) < 4.78 is 18.4. The number of alkyl carbamates (subject to hydrolysis) is 1. The van der Waals surface area contributed by atoms with Gasteiger partial charge in [-0.05, 0) is 94.1 Å². The van der Waals surface area contributed by atoms with Gasteiger partial charge in [-0.3, -0.25) is 9.59 Å². The lowest BCUT2D eigenvalue weighted by Gasteiger charge is -2.35. The number of aryl methyl sites for hydroxylation is 1. The number of hydrogen-bond donors (Lipinski definition) is 1. The molecule has 1 aromatic carbocycles. The molecule has 7 rings (SSSR count). The number of fused-ring (bicyclic) bond motifs is 7. The number of ether oxygens (including phenoxy) is 3. The van der Waals surface area contributed by atoms with Crippen LogP contribution in [0.25, 0.3) is 11.0 Å². The van der Waals surface area contributed by atoms with Crippen LogP contribution in [0.3, 0.4) is 0 Å². The van der Waals surface area contributed by atoms with Crippen LogP contribution in [0.5, 0.6) is 11.6 Å². The average Bonchev–Trinajstić information content (AvgIpc) is 3.61. The first-order valence-corrected chi connectivity index (χ1v) is 18.1. The highest BCUT2D eigenvalue weighted by Crippen LogP contribution is 2.57. The molecule has 1 N–H and O–H groups in total. The van der Waals surface area contributed by atoms with E-state index in [1.54, 1.807) is 18.9 Å². The maximum Gasteiger partial charge on any atom is 0.408 e. The molecule has 0 spiro atoms. The van der Waals surface area contributed by atoms with Gasteiger partial charge >= 0.3 is 6.09 Å². The molecule has 2 aliphatic heterocycles. The molecular formula is C37H50N4O6. The summed E-state index contributed by atoms with van der Waals surface area (Å²) in [6.45, 7) is 3.84. The van der Waals surface area contributed by atoms with Crippen molar-refractivity contribution in [2.75, 3.05) is 13.7 Å². The second-order valence-corrected chi connectivity index (χ2v) is 14.7. The van der Waals surface area contributed by atoms with E-state index in [0.717, 1.165) is 81.8 Å². The van der Waals surface area contributed by atoms with E-state index < -0.39 is 24.3 Å². The average molecular weight is 647 g/mol. The molecule has 254 valence electrons. The van der Waals surface area contributed by atoms with Crippen molar-refractivity contribution in [2.24, 2.45) is 29.6 Å². The molecule has 2 aromatic rings. The molecule has 2 unspecified atom stereocenters. The second kappa shape index (κ2) is 13.6. The van der Waals surface area contributed by atoms with E-state index >= 15 is 0 Å². The van der Waals surface area contributed by atoms with Crippen molar-refractivity contribution in [1.82, 2.24) is 20.2 Å². The van der Waals surface area contributed by atoms with Gasteiger partial charge in [-0.1, -0.05) is 39.0 Å². The van der Waals surface area contributed by atoms with E-state index in [1.807, 2.05) is 25.1 Å². The Hall–Kier alpha value is -3.43. The predicted molar refractivity (Wildman–Crippen MR) is 176 cm³/mol. The van der Waals surface area contributed by atoms with E-state index in [1.165, 1.54) is 6.42 Å². The molecule has 1 saturated heterocycles. The molecule has 2 bridgehead atoms. The van der Waals surface area contributed by atoms with Gasteiger partial charge in [0, 0.05) is 12.0 Å². The summed E-state index contributed by atoms with van der Waals surface area (Å²) in [5, 5.41) is 3.07. The fraction of sp³-hybridized carbons (Fsp3) is 0.703. The quantitative estimate of drug-likeness (QED) is 0.428. The first kappa shape index (κ1) is 32.1. The molecule has 3 heterocycles. The zero-order valence-electron chi connectivity index (χ0n) is 28.1. The molecule has 3 saturated carbocycles. The number of ketones is 1. The van der Waals surface area contributed by atoms with Gasteiger partial charge in [0.1, 0.15) is 29.7 Å². The van der Waals surface area contributed by atoms with Gasteiger partial charge in [-0.25, -0.2) is 14.8 Å². The van der Waals surface area contributed by atoms with Crippen LogP contribution in [-0.2, 0) is 20.7 Å². The second-order valence-electron chi connectivity index (χ2n) is 14.7. The minimum atomic E-state index is -0.738. The van der Waals surface area contributed by atoms with E-state index in [-0.39, 0.29) is 36.2 Å². The van der Waals surface area contributed by atoms with Crippen molar-refractivity contribution in [3.05, 3.63) is 23.9 Å². The van der Waals surface area contributed by atoms with Crippen LogP contribution in [0.1, 0.15) is 96.6 Å². The number of nitrogens with zero attached hydrogens (tertiary/aromatic N) is 3. The van der Waals surface area contributed by atoms with Crippen molar-refractivity contribution < 1.29 is 28.6 Å². The van der Waals surface area contributed by atoms with Crippen molar-refractivity contribution in [1.29, 1.82) is 0 Å². The van der Waals surface area contributed by atoms with Gasteiger partial charge in [-0.2, -0.15) is 0 Å². The van der Waals surface area contributed by atoms with E-state index in [4.69, 9.17) is 24.2 Å². The van der Waals surface area contributed by atoms with Gasteiger partial charge in [0.05, 0.1) is 30.7 Å². The summed E-state index contributed by atoms with van der Waals surface area (Å²) in [6.07, 6.45) is 11.4. The van der Waals surface area contributed by atoms with E-state index in [2.05, 4.69) is 5.32 Å². The highest BCUT2D eigenvalue weighted by Gasteiger charge is 2.55. The van der Waals surface area contributed by atoms with Crippen molar-refractivity contribution in [2.45, 2.75) is 122 Å². The Labute approximate surface area is 277 Å². The molecule has 1 aromatic heterocycles. The highest BCUT2D eigenvalue weighted by molar-refractivity contribution is 5.92. The first-order valence-electron chi connectivity index (χ1n) is 18.1.